The van der Waals surface area contributed by atoms with Gasteiger partial charge in [0.25, 0.3) is 0 Å². The highest BCUT2D eigenvalue weighted by molar-refractivity contribution is 5.84. The number of esters is 1. The lowest BCUT2D eigenvalue weighted by molar-refractivity contribution is -0.144. The number of amides is 1. The third-order valence-corrected chi connectivity index (χ3v) is 1.47. The van der Waals surface area contributed by atoms with Gasteiger partial charge in [-0.3, -0.25) is 4.79 Å². The Kier molecular flexibility index (Phi) is 5.88. The fraction of sp³-hybridized carbons (Fsp3) is 0.750. The molecule has 13 heavy (non-hydrogen) atoms. The van der Waals surface area contributed by atoms with Crippen LogP contribution < -0.4 is 5.32 Å². The van der Waals surface area contributed by atoms with Crippen molar-refractivity contribution >= 4 is 11.9 Å². The summed E-state index contributed by atoms with van der Waals surface area (Å²) in [6.45, 7) is 1.91. The van der Waals surface area contributed by atoms with Crippen molar-refractivity contribution in [3.63, 3.8) is 0 Å². The molecule has 0 aliphatic heterocycles. The molecule has 0 heterocycles. The number of methoxy groups -OCH3 is 2. The lowest BCUT2D eigenvalue weighted by Crippen LogP contribution is -2.39. The third-order valence-electron chi connectivity index (χ3n) is 1.47. The minimum absolute atomic E-state index is 0.222. The second kappa shape index (κ2) is 6.42. The molecule has 0 fully saturated rings. The summed E-state index contributed by atoms with van der Waals surface area (Å²) in [5.74, 6) is -0.675. The number of hydrogen-bond donors (Lipinski definition) is 1. The first-order chi connectivity index (χ1) is 6.11. The quantitative estimate of drug-likeness (QED) is 0.603. The summed E-state index contributed by atoms with van der Waals surface area (Å²) >= 11 is 0. The molecule has 1 amide bonds. The maximum Gasteiger partial charge on any atom is 0.328 e. The van der Waals surface area contributed by atoms with Crippen molar-refractivity contribution in [1.29, 1.82) is 0 Å². The molecule has 0 aromatic carbocycles. The zero-order valence-corrected chi connectivity index (χ0v) is 8.12. The summed E-state index contributed by atoms with van der Waals surface area (Å²) in [5, 5.41) is 2.47. The Hall–Kier alpha value is -1.10. The normalized spacial score (nSPS) is 11.9. The number of ether oxygens (including phenoxy) is 2. The fourth-order valence-corrected chi connectivity index (χ4v) is 0.744. The van der Waals surface area contributed by atoms with Gasteiger partial charge in [-0.15, -0.1) is 0 Å². The van der Waals surface area contributed by atoms with E-state index in [4.69, 9.17) is 4.74 Å². The van der Waals surface area contributed by atoms with E-state index < -0.39 is 12.0 Å². The van der Waals surface area contributed by atoms with E-state index in [-0.39, 0.29) is 12.3 Å². The van der Waals surface area contributed by atoms with E-state index in [2.05, 4.69) is 10.1 Å². The SMILES string of the molecule is COCCC(=O)NC(C)C(=O)OC. The Morgan fingerprint density at radius 2 is 2.00 bits per heavy atom. The van der Waals surface area contributed by atoms with E-state index in [1.54, 1.807) is 6.92 Å². The van der Waals surface area contributed by atoms with Gasteiger partial charge in [-0.1, -0.05) is 0 Å². The number of carbonyl (C=O) groups excluding carboxylic acids is 2. The van der Waals surface area contributed by atoms with Crippen LogP contribution in [0.1, 0.15) is 13.3 Å². The van der Waals surface area contributed by atoms with E-state index >= 15 is 0 Å². The molecule has 1 unspecified atom stereocenters. The largest absolute Gasteiger partial charge is 0.467 e. The lowest BCUT2D eigenvalue weighted by atomic mass is 10.3. The van der Waals surface area contributed by atoms with Crippen LogP contribution in [0.4, 0.5) is 0 Å². The van der Waals surface area contributed by atoms with Gasteiger partial charge in [0, 0.05) is 13.5 Å². The molecule has 5 nitrogen and oxygen atoms in total. The third kappa shape index (κ3) is 5.19. The molecule has 0 radical (unpaired) electrons. The van der Waals surface area contributed by atoms with E-state index in [9.17, 15) is 9.59 Å². The van der Waals surface area contributed by atoms with E-state index in [0.29, 0.717) is 6.61 Å². The first-order valence-electron chi connectivity index (χ1n) is 3.98. The van der Waals surface area contributed by atoms with Crippen LogP contribution in [0.3, 0.4) is 0 Å². The molecule has 1 N–H and O–H groups in total. The fourth-order valence-electron chi connectivity index (χ4n) is 0.744. The first-order valence-corrected chi connectivity index (χ1v) is 3.98. The summed E-state index contributed by atoms with van der Waals surface area (Å²) in [6, 6.07) is -0.602. The van der Waals surface area contributed by atoms with Crippen LogP contribution in [0.25, 0.3) is 0 Å². The molecule has 0 saturated carbocycles. The van der Waals surface area contributed by atoms with Crippen LogP contribution in [0, 0.1) is 0 Å². The number of nitrogens with one attached hydrogen (secondary N) is 1. The maximum absolute atomic E-state index is 11.0. The van der Waals surface area contributed by atoms with Crippen molar-refractivity contribution in [1.82, 2.24) is 5.32 Å². The summed E-state index contributed by atoms with van der Waals surface area (Å²) in [4.78, 5) is 21.9. The number of carbonyl (C=O) groups is 2. The lowest BCUT2D eigenvalue weighted by Gasteiger charge is -2.10. The van der Waals surface area contributed by atoms with Gasteiger partial charge in [-0.05, 0) is 6.92 Å². The maximum atomic E-state index is 11.0. The summed E-state index contributed by atoms with van der Waals surface area (Å²) in [7, 11) is 2.79. The number of hydrogen-bond acceptors (Lipinski definition) is 4. The molecule has 0 aromatic heterocycles. The monoisotopic (exact) mass is 189 g/mol. The molecule has 0 aliphatic rings. The van der Waals surface area contributed by atoms with Crippen LogP contribution in [0.5, 0.6) is 0 Å². The summed E-state index contributed by atoms with van der Waals surface area (Å²) in [6.07, 6.45) is 0.248. The molecule has 0 aliphatic carbocycles. The predicted molar refractivity (Wildman–Crippen MR) is 46.1 cm³/mol. The molecule has 0 spiro atoms. The topological polar surface area (TPSA) is 64.6 Å². The molecule has 1 atom stereocenters. The average molecular weight is 189 g/mol. The second-order valence-electron chi connectivity index (χ2n) is 2.56. The zero-order valence-electron chi connectivity index (χ0n) is 8.12. The Labute approximate surface area is 77.4 Å². The summed E-state index contributed by atoms with van der Waals surface area (Å²) < 4.78 is 9.14. The van der Waals surface area contributed by atoms with Gasteiger partial charge in [-0.2, -0.15) is 0 Å². The molecule has 0 saturated heterocycles. The highest BCUT2D eigenvalue weighted by Gasteiger charge is 2.14. The van der Waals surface area contributed by atoms with Crippen LogP contribution in [-0.4, -0.2) is 38.7 Å². The van der Waals surface area contributed by atoms with Gasteiger partial charge < -0.3 is 14.8 Å². The Morgan fingerprint density at radius 3 is 2.46 bits per heavy atom. The molecular weight excluding hydrogens is 174 g/mol. The predicted octanol–water partition coefficient (Wildman–Crippen LogP) is -0.299. The first kappa shape index (κ1) is 11.9. The highest BCUT2D eigenvalue weighted by Crippen LogP contribution is 1.88. The summed E-state index contributed by atoms with van der Waals surface area (Å²) in [5.41, 5.74) is 0. The standard InChI is InChI=1S/C8H15NO4/c1-6(8(11)13-3)9-7(10)4-5-12-2/h6H,4-5H2,1-3H3,(H,9,10). The van der Waals surface area contributed by atoms with Crippen molar-refractivity contribution < 1.29 is 19.1 Å². The van der Waals surface area contributed by atoms with Crippen LogP contribution in [0.15, 0.2) is 0 Å². The molecule has 76 valence electrons. The van der Waals surface area contributed by atoms with E-state index in [1.165, 1.54) is 14.2 Å². The average Bonchev–Trinajstić information content (AvgIpc) is 2.13. The van der Waals surface area contributed by atoms with Crippen LogP contribution in [-0.2, 0) is 19.1 Å². The van der Waals surface area contributed by atoms with Crippen molar-refractivity contribution in [3.05, 3.63) is 0 Å². The molecule has 5 heteroatoms. The Balaban J connectivity index is 3.71. The van der Waals surface area contributed by atoms with Crippen molar-refractivity contribution in [2.45, 2.75) is 19.4 Å². The van der Waals surface area contributed by atoms with Crippen molar-refractivity contribution in [3.8, 4) is 0 Å². The van der Waals surface area contributed by atoms with Gasteiger partial charge in [-0.25, -0.2) is 4.79 Å². The van der Waals surface area contributed by atoms with Gasteiger partial charge in [0.05, 0.1) is 13.7 Å². The molecule has 0 bridgehead atoms. The van der Waals surface area contributed by atoms with E-state index in [1.807, 2.05) is 0 Å². The van der Waals surface area contributed by atoms with Gasteiger partial charge in [0.2, 0.25) is 5.91 Å². The second-order valence-corrected chi connectivity index (χ2v) is 2.56. The number of rotatable bonds is 5. The molecule has 0 rings (SSSR count). The van der Waals surface area contributed by atoms with Gasteiger partial charge in [0.15, 0.2) is 0 Å². The van der Waals surface area contributed by atoms with Crippen LogP contribution in [0.2, 0.25) is 0 Å². The minimum Gasteiger partial charge on any atom is -0.467 e. The van der Waals surface area contributed by atoms with Crippen LogP contribution >= 0.6 is 0 Å². The Morgan fingerprint density at radius 1 is 1.38 bits per heavy atom. The zero-order chi connectivity index (χ0) is 10.3. The van der Waals surface area contributed by atoms with Gasteiger partial charge >= 0.3 is 5.97 Å². The van der Waals surface area contributed by atoms with Crippen molar-refractivity contribution in [2.24, 2.45) is 0 Å². The minimum atomic E-state index is -0.602. The Bertz CT molecular complexity index is 181. The van der Waals surface area contributed by atoms with Gasteiger partial charge in [0.1, 0.15) is 6.04 Å². The van der Waals surface area contributed by atoms with E-state index in [0.717, 1.165) is 0 Å². The van der Waals surface area contributed by atoms with Crippen molar-refractivity contribution in [2.75, 3.05) is 20.8 Å². The smallest absolute Gasteiger partial charge is 0.328 e. The molecule has 0 aromatic rings. The highest BCUT2D eigenvalue weighted by atomic mass is 16.5. The molecular formula is C8H15NO4.